The van der Waals surface area contributed by atoms with Gasteiger partial charge >= 0.3 is 17.9 Å². The van der Waals surface area contributed by atoms with Crippen LogP contribution in [0.4, 0.5) is 0 Å². The molecule has 21 atom stereocenters. The van der Waals surface area contributed by atoms with Gasteiger partial charge in [-0.05, 0) is 130 Å². The number of hydrogen-bond donors (Lipinski definition) is 38. The largest absolute Gasteiger partial charge is 0.481 e. The molecule has 0 aromatic rings. The van der Waals surface area contributed by atoms with Gasteiger partial charge in [-0.15, -0.1) is 0 Å². The van der Waals surface area contributed by atoms with Crippen LogP contribution in [0.3, 0.4) is 0 Å². The fourth-order valence-corrected chi connectivity index (χ4v) is 11.7. The Bertz CT molecular complexity index is 3450. The maximum atomic E-state index is 15.0. The summed E-state index contributed by atoms with van der Waals surface area (Å²) in [6.07, 6.45) is -34.0. The summed E-state index contributed by atoms with van der Waals surface area (Å²) in [5.41, 5.74) is 16.6. The van der Waals surface area contributed by atoms with E-state index in [0.717, 1.165) is 6.92 Å². The van der Waals surface area contributed by atoms with Crippen molar-refractivity contribution in [3.8, 4) is 0 Å². The van der Waals surface area contributed by atoms with E-state index in [1.54, 1.807) is 0 Å². The molecule has 0 aromatic carbocycles. The predicted octanol–water partition coefficient (Wildman–Crippen LogP) is -15.9. The number of carboxylic acid groups (broad SMARTS) is 3. The third-order valence-electron chi connectivity index (χ3n) is 19.1. The maximum absolute atomic E-state index is 15.0. The Kier molecular flexibility index (Phi) is 57.3. The molecule has 0 aromatic heterocycles. The van der Waals surface area contributed by atoms with Gasteiger partial charge in [0.2, 0.25) is 47.3 Å². The van der Waals surface area contributed by atoms with Gasteiger partial charge in [0.25, 0.3) is 17.7 Å². The van der Waals surface area contributed by atoms with Crippen LogP contribution in [0.1, 0.15) is 142 Å². The lowest BCUT2D eigenvalue weighted by Crippen LogP contribution is -2.60. The number of aliphatic hydroxyl groups excluding tert-OH is 15. The first-order chi connectivity index (χ1) is 58.7. The number of aliphatic carboxylic acids is 3. The van der Waals surface area contributed by atoms with Crippen molar-refractivity contribution < 1.29 is 164 Å². The SMILES string of the molecule is C=C(N)NCCC[C@H](NC(=O)C(CCCCNC(=O)[C@H](O)[C@@H](O)[C@H](O)[C@H](O)CO)NC(=O)[C@H](CCC(=O)O)NC(=O)C(CCCNC(=N)N)NC(=O)[C@H](CCCCNC(=O)[C@H](O)[C@@H](O)[C@H](O)[C@H](O)CO)NC(=O)C(CCC(=O)O)NC)C(=O)NC(CCC(=O)O)C(=O)N[C@@H](CCCCNC(=O)[C@H](O)[C@@H](O)[C@H](O)[C@H](O)CO)C(=O)NC(CCCNC(=N)N)C(C)=O. The minimum absolute atomic E-state index is 0.0595. The molecule has 0 saturated heterocycles. The molecule has 716 valence electrons. The van der Waals surface area contributed by atoms with Crippen LogP contribution in [0.15, 0.2) is 12.4 Å². The number of Topliss-reactive ketones (excluding diaryl/α,β-unsaturated/α-hetero) is 1. The molecule has 0 heterocycles. The highest BCUT2D eigenvalue weighted by Gasteiger charge is 2.40. The topological polar surface area (TPSA) is 926 Å². The molecule has 0 aliphatic rings. The van der Waals surface area contributed by atoms with E-state index in [1.165, 1.54) is 7.05 Å². The number of carboxylic acids is 3. The summed E-state index contributed by atoms with van der Waals surface area (Å²) in [5.74, 6) is -19.5. The van der Waals surface area contributed by atoms with Crippen LogP contribution in [0, 0.1) is 10.8 Å². The summed E-state index contributed by atoms with van der Waals surface area (Å²) < 4.78 is 0. The fraction of sp³-hybridized carbons (Fsp3) is 0.736. The summed E-state index contributed by atoms with van der Waals surface area (Å²) in [5, 5.41) is 229. The zero-order chi connectivity index (χ0) is 95.3. The van der Waals surface area contributed by atoms with Crippen molar-refractivity contribution in [3.05, 3.63) is 12.4 Å². The molecule has 0 rings (SSSR count). The van der Waals surface area contributed by atoms with Gasteiger partial charge in [0, 0.05) is 58.5 Å². The van der Waals surface area contributed by atoms with E-state index in [0.29, 0.717) is 0 Å². The first-order valence-corrected chi connectivity index (χ1v) is 40.1. The molecule has 0 spiro atoms. The van der Waals surface area contributed by atoms with Crippen molar-refractivity contribution in [2.75, 3.05) is 66.1 Å². The molecular formula is C72H130N20O33. The van der Waals surface area contributed by atoms with E-state index in [9.17, 15) is 149 Å². The van der Waals surface area contributed by atoms with Crippen LogP contribution in [-0.4, -0.2) is 386 Å². The van der Waals surface area contributed by atoms with Crippen molar-refractivity contribution in [2.24, 2.45) is 17.2 Å². The lowest BCUT2D eigenvalue weighted by atomic mass is 10.0. The Labute approximate surface area is 717 Å². The summed E-state index contributed by atoms with van der Waals surface area (Å²) in [4.78, 5) is 204. The molecule has 0 fully saturated rings. The molecule has 0 aliphatic carbocycles. The number of nitrogens with two attached hydrogens (primary N) is 3. The lowest BCUT2D eigenvalue weighted by molar-refractivity contribution is -0.149. The van der Waals surface area contributed by atoms with Gasteiger partial charge in [-0.3, -0.25) is 82.7 Å². The Morgan fingerprint density at radius 2 is 0.496 bits per heavy atom. The lowest BCUT2D eigenvalue weighted by Gasteiger charge is -2.28. The zero-order valence-electron chi connectivity index (χ0n) is 69.5. The van der Waals surface area contributed by atoms with Crippen LogP contribution in [0.2, 0.25) is 0 Å². The predicted molar refractivity (Wildman–Crippen MR) is 432 cm³/mol. The van der Waals surface area contributed by atoms with Gasteiger partial charge in [0.1, 0.15) is 97.2 Å². The number of unbranched alkanes of at least 4 members (excludes halogenated alkanes) is 3. The van der Waals surface area contributed by atoms with Gasteiger partial charge in [0.15, 0.2) is 36.0 Å². The van der Waals surface area contributed by atoms with Crippen LogP contribution in [0.25, 0.3) is 0 Å². The monoisotopic (exact) mass is 1800 g/mol. The number of carbonyl (C=O) groups excluding carboxylic acids is 12. The van der Waals surface area contributed by atoms with Crippen molar-refractivity contribution in [1.29, 1.82) is 10.8 Å². The highest BCUT2D eigenvalue weighted by atomic mass is 16.4. The second-order valence-corrected chi connectivity index (χ2v) is 29.2. The number of amides is 11. The quantitative estimate of drug-likeness (QED) is 0.0153. The Morgan fingerprint density at radius 1 is 0.288 bits per heavy atom. The van der Waals surface area contributed by atoms with E-state index in [2.05, 4.69) is 86.3 Å². The number of carbonyl (C=O) groups is 15. The van der Waals surface area contributed by atoms with Crippen LogP contribution < -0.4 is 97.0 Å². The van der Waals surface area contributed by atoms with E-state index >= 15 is 4.79 Å². The Hall–Kier alpha value is -10.5. The first-order valence-electron chi connectivity index (χ1n) is 40.1. The molecule has 125 heavy (non-hydrogen) atoms. The van der Waals surface area contributed by atoms with E-state index in [-0.39, 0.29) is 122 Å². The molecule has 53 heteroatoms. The summed E-state index contributed by atoms with van der Waals surface area (Å²) in [6, 6.07) is -15.4. The van der Waals surface area contributed by atoms with Crippen molar-refractivity contribution in [2.45, 2.75) is 269 Å². The van der Waals surface area contributed by atoms with Crippen LogP contribution in [0.5, 0.6) is 0 Å². The molecule has 0 aliphatic heterocycles. The van der Waals surface area contributed by atoms with Gasteiger partial charge in [-0.2, -0.15) is 0 Å². The standard InChI is InChI=1S/C72H130N20O33/c1-34(96)36(16-10-29-83-71(74)75)85-61(116)38(13-4-7-25-80-68(123)57(112)54(109)51(106)45(97)31-93)87-66(121)43(20-23-49(102)103)91-64(119)41(17-11-28-79-35(2)73)89-63(118)40(15-6-9-27-82-70(125)59(114)56(111)53(108)47(99)33-95)88-67(122)44(21-24-50(104)105)92-65(120)42(18-12-30-84-72(76)77)90-62(117)39(86-60(115)37(78-3)19-22-48(100)101)14-5-8-26-81-69(124)58(113)55(110)52(107)46(98)32-94/h36-47,51-59,78-79,93-95,97-99,106-114H,2,4-33,73H2,1,3H3,(H,80,123)(H,81,124)(H,82,125)(H,85,116)(H,86,115)(H,87,121)(H,88,122)(H,89,118)(H,90,117)(H,91,119)(H,92,120)(H,100,101)(H,102,103)(H,104,105)(H4,74,75,83)(H4,76,77,84)/t36?,37?,38-,39-,40?,41-,42?,43?,44-,45+,46+,47+,51+,52+,53+,54-,55-,56-,57+,58+,59+/m0/s1. The van der Waals surface area contributed by atoms with Crippen LogP contribution >= 0.6 is 0 Å². The number of likely N-dealkylation sites (N-methyl/N-ethyl adjacent to an activating group) is 1. The fourth-order valence-electron chi connectivity index (χ4n) is 11.7. The van der Waals surface area contributed by atoms with Gasteiger partial charge in [-0.1, -0.05) is 6.58 Å². The normalized spacial score (nSPS) is 16.3. The molecule has 41 N–H and O–H groups in total. The molecular weight excluding hydrogens is 1670 g/mol. The number of rotatable bonds is 70. The summed E-state index contributed by atoms with van der Waals surface area (Å²) in [6.45, 7) is 0.151. The third-order valence-corrected chi connectivity index (χ3v) is 19.1. The van der Waals surface area contributed by atoms with Gasteiger partial charge < -0.3 is 189 Å². The summed E-state index contributed by atoms with van der Waals surface area (Å²) in [7, 11) is 1.29. The average Bonchev–Trinajstić information content (AvgIpc) is 0.858. The number of guanidine groups is 2. The molecule has 0 radical (unpaired) electrons. The number of ketones is 1. The molecule has 11 amide bonds. The number of aliphatic hydroxyl groups is 15. The molecule has 0 saturated carbocycles. The molecule has 0 bridgehead atoms. The minimum Gasteiger partial charge on any atom is -0.481 e. The van der Waals surface area contributed by atoms with Gasteiger partial charge in [-0.25, -0.2) is 0 Å². The number of nitrogens with one attached hydrogen (secondary N) is 17. The van der Waals surface area contributed by atoms with E-state index < -0.39 is 306 Å². The second kappa shape index (κ2) is 62.6. The molecule has 5 unspecified atom stereocenters. The number of hydrogen-bond acceptors (Lipinski definition) is 35. The molecule has 53 nitrogen and oxygen atoms in total. The Morgan fingerprint density at radius 3 is 0.720 bits per heavy atom. The highest BCUT2D eigenvalue weighted by Crippen LogP contribution is 2.16. The summed E-state index contributed by atoms with van der Waals surface area (Å²) >= 11 is 0. The van der Waals surface area contributed by atoms with Crippen molar-refractivity contribution in [1.82, 2.24) is 79.8 Å². The highest BCUT2D eigenvalue weighted by molar-refractivity contribution is 5.99. The Balaban J connectivity index is 8.12. The van der Waals surface area contributed by atoms with E-state index in [1.807, 2.05) is 0 Å². The average molecular weight is 1800 g/mol. The third kappa shape index (κ3) is 46.9. The van der Waals surface area contributed by atoms with Gasteiger partial charge in [0.05, 0.1) is 37.7 Å². The van der Waals surface area contributed by atoms with E-state index in [4.69, 9.17) is 38.2 Å². The minimum atomic E-state index is -2.42. The smallest absolute Gasteiger partial charge is 0.303 e. The van der Waals surface area contributed by atoms with Crippen molar-refractivity contribution in [3.63, 3.8) is 0 Å². The zero-order valence-corrected chi connectivity index (χ0v) is 69.5. The second-order valence-electron chi connectivity index (χ2n) is 29.2. The maximum Gasteiger partial charge on any atom is 0.303 e. The van der Waals surface area contributed by atoms with Crippen molar-refractivity contribution >= 4 is 101 Å². The van der Waals surface area contributed by atoms with Crippen LogP contribution in [-0.2, 0) is 71.9 Å². The first kappa shape index (κ1) is 114.